The summed E-state index contributed by atoms with van der Waals surface area (Å²) in [6.45, 7) is 2.69. The highest BCUT2D eigenvalue weighted by Gasteiger charge is 2.24. The standard InChI is InChI=1S/C21H24Cl2N4O4S/c1-24-5-7-30-8-9-31-12-19(28)27-6-4-15(11-27)20(29)25-18-13-32-21(26-18)14-2-3-16(22)17(23)10-14/h2-4,10,13,24H,5-9,11-12H2,1H3,(H,25,29). The fourth-order valence-corrected chi connectivity index (χ4v) is 3.89. The summed E-state index contributed by atoms with van der Waals surface area (Å²) >= 11 is 13.4. The van der Waals surface area contributed by atoms with Gasteiger partial charge in [-0.2, -0.15) is 0 Å². The third-order valence-corrected chi connectivity index (χ3v) is 6.20. The number of rotatable bonds is 11. The first kappa shape index (κ1) is 24.6. The van der Waals surface area contributed by atoms with E-state index in [2.05, 4.69) is 15.6 Å². The van der Waals surface area contributed by atoms with Crippen molar-refractivity contribution in [2.24, 2.45) is 0 Å². The van der Waals surface area contributed by atoms with Gasteiger partial charge in [-0.3, -0.25) is 9.59 Å². The van der Waals surface area contributed by atoms with Gasteiger partial charge in [0.1, 0.15) is 17.4 Å². The Bertz CT molecular complexity index is 982. The molecule has 8 nitrogen and oxygen atoms in total. The van der Waals surface area contributed by atoms with Gasteiger partial charge in [-0.05, 0) is 19.2 Å². The van der Waals surface area contributed by atoms with Gasteiger partial charge in [0.15, 0.2) is 0 Å². The molecule has 0 spiro atoms. The smallest absolute Gasteiger partial charge is 0.254 e. The summed E-state index contributed by atoms with van der Waals surface area (Å²) < 4.78 is 10.7. The Morgan fingerprint density at radius 2 is 2.00 bits per heavy atom. The van der Waals surface area contributed by atoms with Crippen LogP contribution in [0.4, 0.5) is 5.82 Å². The van der Waals surface area contributed by atoms with Crippen LogP contribution in [0.25, 0.3) is 10.6 Å². The van der Waals surface area contributed by atoms with Gasteiger partial charge in [0, 0.05) is 29.6 Å². The quantitative estimate of drug-likeness (QED) is 0.462. The van der Waals surface area contributed by atoms with Crippen LogP contribution in [0.1, 0.15) is 0 Å². The summed E-state index contributed by atoms with van der Waals surface area (Å²) in [4.78, 5) is 30.8. The van der Waals surface area contributed by atoms with Crippen molar-refractivity contribution in [3.63, 3.8) is 0 Å². The number of benzene rings is 1. The van der Waals surface area contributed by atoms with Crippen LogP contribution in [0.5, 0.6) is 0 Å². The number of hydrogen-bond donors (Lipinski definition) is 2. The molecule has 2 N–H and O–H groups in total. The summed E-state index contributed by atoms with van der Waals surface area (Å²) in [6.07, 6.45) is 1.74. The van der Waals surface area contributed by atoms with Gasteiger partial charge in [0.2, 0.25) is 5.91 Å². The minimum atomic E-state index is -0.287. The summed E-state index contributed by atoms with van der Waals surface area (Å²) in [5, 5.41) is 9.13. The minimum absolute atomic E-state index is 0.0444. The Kier molecular flexibility index (Phi) is 9.46. The van der Waals surface area contributed by atoms with Gasteiger partial charge in [0.05, 0.1) is 36.4 Å². The number of halogens is 2. The molecule has 1 aromatic heterocycles. The maximum absolute atomic E-state index is 12.6. The lowest BCUT2D eigenvalue weighted by molar-refractivity contribution is -0.135. The van der Waals surface area contributed by atoms with E-state index in [-0.39, 0.29) is 25.0 Å². The Balaban J connectivity index is 1.42. The summed E-state index contributed by atoms with van der Waals surface area (Å²) in [5.41, 5.74) is 1.33. The molecule has 3 rings (SSSR count). The number of amides is 2. The van der Waals surface area contributed by atoms with Crippen molar-refractivity contribution in [3.8, 4) is 10.6 Å². The van der Waals surface area contributed by atoms with E-state index in [1.807, 2.05) is 13.1 Å². The number of anilines is 1. The second-order valence-electron chi connectivity index (χ2n) is 6.89. The molecule has 172 valence electrons. The van der Waals surface area contributed by atoms with Gasteiger partial charge in [0.25, 0.3) is 5.91 Å². The van der Waals surface area contributed by atoms with Gasteiger partial charge in [-0.15, -0.1) is 11.3 Å². The molecule has 2 amide bonds. The number of carbonyl (C=O) groups is 2. The number of aromatic nitrogens is 1. The minimum Gasteiger partial charge on any atom is -0.378 e. The maximum atomic E-state index is 12.6. The molecular formula is C21H24Cl2N4O4S. The van der Waals surface area contributed by atoms with Crippen molar-refractivity contribution in [3.05, 3.63) is 45.3 Å². The predicted molar refractivity (Wildman–Crippen MR) is 126 cm³/mol. The number of likely N-dealkylation sites (N-methyl/N-ethyl adjacent to an activating group) is 1. The summed E-state index contributed by atoms with van der Waals surface area (Å²) in [6, 6.07) is 5.25. The summed E-state index contributed by atoms with van der Waals surface area (Å²) in [5.74, 6) is -0.0201. The molecule has 0 saturated heterocycles. The van der Waals surface area contributed by atoms with Crippen LogP contribution >= 0.6 is 34.5 Å². The molecule has 2 heterocycles. The van der Waals surface area contributed by atoms with E-state index >= 15 is 0 Å². The highest BCUT2D eigenvalue weighted by atomic mass is 35.5. The van der Waals surface area contributed by atoms with Crippen molar-refractivity contribution in [1.29, 1.82) is 0 Å². The highest BCUT2D eigenvalue weighted by molar-refractivity contribution is 7.13. The first-order valence-corrected chi connectivity index (χ1v) is 11.6. The Labute approximate surface area is 200 Å². The lowest BCUT2D eigenvalue weighted by atomic mass is 10.2. The number of nitrogens with zero attached hydrogens (tertiary/aromatic N) is 2. The van der Waals surface area contributed by atoms with Gasteiger partial charge >= 0.3 is 0 Å². The molecule has 0 bridgehead atoms. The third kappa shape index (κ3) is 6.99. The zero-order valence-corrected chi connectivity index (χ0v) is 19.9. The van der Waals surface area contributed by atoms with E-state index < -0.39 is 0 Å². The molecular weight excluding hydrogens is 475 g/mol. The van der Waals surface area contributed by atoms with Crippen LogP contribution in [0.2, 0.25) is 10.0 Å². The van der Waals surface area contributed by atoms with E-state index in [1.54, 1.807) is 28.5 Å². The molecule has 0 aliphatic carbocycles. The van der Waals surface area contributed by atoms with Crippen LogP contribution in [-0.4, -0.2) is 74.8 Å². The molecule has 0 atom stereocenters. The van der Waals surface area contributed by atoms with E-state index in [9.17, 15) is 9.59 Å². The predicted octanol–water partition coefficient (Wildman–Crippen LogP) is 3.08. The van der Waals surface area contributed by atoms with Crippen LogP contribution in [0, 0.1) is 0 Å². The van der Waals surface area contributed by atoms with Crippen molar-refractivity contribution >= 4 is 52.2 Å². The van der Waals surface area contributed by atoms with Gasteiger partial charge in [-0.1, -0.05) is 35.3 Å². The lowest BCUT2D eigenvalue weighted by Gasteiger charge is -2.16. The zero-order valence-electron chi connectivity index (χ0n) is 17.5. The monoisotopic (exact) mass is 498 g/mol. The van der Waals surface area contributed by atoms with Gasteiger partial charge < -0.3 is 25.0 Å². The van der Waals surface area contributed by atoms with E-state index in [4.69, 9.17) is 32.7 Å². The molecule has 0 radical (unpaired) electrons. The lowest BCUT2D eigenvalue weighted by Crippen LogP contribution is -2.33. The van der Waals surface area contributed by atoms with E-state index in [0.29, 0.717) is 52.8 Å². The average molecular weight is 499 g/mol. The van der Waals surface area contributed by atoms with Crippen LogP contribution in [-0.2, 0) is 19.1 Å². The number of carbonyl (C=O) groups excluding carboxylic acids is 2. The van der Waals surface area contributed by atoms with E-state index in [0.717, 1.165) is 12.1 Å². The molecule has 0 saturated carbocycles. The Morgan fingerprint density at radius 3 is 2.78 bits per heavy atom. The molecule has 11 heteroatoms. The molecule has 1 aliphatic rings. The van der Waals surface area contributed by atoms with Crippen LogP contribution in [0.15, 0.2) is 35.2 Å². The van der Waals surface area contributed by atoms with Crippen molar-refractivity contribution in [2.45, 2.75) is 0 Å². The summed E-state index contributed by atoms with van der Waals surface area (Å²) in [7, 11) is 1.85. The van der Waals surface area contributed by atoms with Crippen LogP contribution < -0.4 is 10.6 Å². The van der Waals surface area contributed by atoms with E-state index in [1.165, 1.54) is 11.3 Å². The number of nitrogens with one attached hydrogen (secondary N) is 2. The maximum Gasteiger partial charge on any atom is 0.254 e. The van der Waals surface area contributed by atoms with Crippen molar-refractivity contribution in [1.82, 2.24) is 15.2 Å². The van der Waals surface area contributed by atoms with Gasteiger partial charge in [-0.25, -0.2) is 4.98 Å². The number of thiazole rings is 1. The molecule has 1 aliphatic heterocycles. The largest absolute Gasteiger partial charge is 0.378 e. The fraction of sp³-hybridized carbons (Fsp3) is 0.381. The highest BCUT2D eigenvalue weighted by Crippen LogP contribution is 2.31. The molecule has 1 aromatic carbocycles. The Hall–Kier alpha value is -2.01. The fourth-order valence-electron chi connectivity index (χ4n) is 2.84. The SMILES string of the molecule is CNCCOCCOCC(=O)N1CC=C(C(=O)Nc2csc(-c3ccc(Cl)c(Cl)c3)n2)C1. The zero-order chi connectivity index (χ0) is 22.9. The third-order valence-electron chi connectivity index (χ3n) is 4.57. The Morgan fingerprint density at radius 1 is 1.19 bits per heavy atom. The first-order chi connectivity index (χ1) is 15.5. The second-order valence-corrected chi connectivity index (χ2v) is 8.57. The first-order valence-electron chi connectivity index (χ1n) is 9.97. The molecule has 2 aromatic rings. The molecule has 0 fully saturated rings. The van der Waals surface area contributed by atoms with Crippen LogP contribution in [0.3, 0.4) is 0 Å². The normalized spacial score (nSPS) is 13.3. The van der Waals surface area contributed by atoms with Crippen molar-refractivity contribution < 1.29 is 19.1 Å². The molecule has 32 heavy (non-hydrogen) atoms. The second kappa shape index (κ2) is 12.3. The topological polar surface area (TPSA) is 92.8 Å². The number of hydrogen-bond acceptors (Lipinski definition) is 7. The van der Waals surface area contributed by atoms with Crippen molar-refractivity contribution in [2.75, 3.05) is 58.4 Å². The number of ether oxygens (including phenoxy) is 2. The average Bonchev–Trinajstić information content (AvgIpc) is 3.45. The molecule has 0 unspecified atom stereocenters.